The minimum Gasteiger partial charge on any atom is -0.339 e. The lowest BCUT2D eigenvalue weighted by Crippen LogP contribution is -2.33. The summed E-state index contributed by atoms with van der Waals surface area (Å²) in [6.45, 7) is 3.48. The zero-order chi connectivity index (χ0) is 14.1. The molecule has 0 aliphatic carbocycles. The van der Waals surface area contributed by atoms with Crippen molar-refractivity contribution >= 4 is 17.5 Å². The van der Waals surface area contributed by atoms with Gasteiger partial charge < -0.3 is 10.2 Å². The van der Waals surface area contributed by atoms with Crippen LogP contribution >= 0.6 is 11.6 Å². The summed E-state index contributed by atoms with van der Waals surface area (Å²) in [6, 6.07) is 4.14. The van der Waals surface area contributed by atoms with E-state index >= 15 is 0 Å². The smallest absolute Gasteiger partial charge is 0.256 e. The maximum absolute atomic E-state index is 13.8. The molecule has 2 aliphatic heterocycles. The summed E-state index contributed by atoms with van der Waals surface area (Å²) in [5, 5.41) is 3.80. The molecule has 2 atom stereocenters. The van der Waals surface area contributed by atoms with Gasteiger partial charge in [-0.15, -0.1) is 0 Å². The molecule has 2 aliphatic rings. The Balaban J connectivity index is 1.75. The van der Waals surface area contributed by atoms with Gasteiger partial charge in [-0.05, 0) is 56.0 Å². The minimum absolute atomic E-state index is 0.0858. The van der Waals surface area contributed by atoms with Crippen LogP contribution in [-0.2, 0) is 0 Å². The normalized spacial score (nSPS) is 26.2. The number of hydrogen-bond donors (Lipinski definition) is 1. The molecule has 3 rings (SSSR count). The van der Waals surface area contributed by atoms with E-state index in [-0.39, 0.29) is 11.5 Å². The number of fused-ring (bicyclic) bond motifs is 1. The molecule has 1 N–H and O–H groups in total. The van der Waals surface area contributed by atoms with Gasteiger partial charge in [-0.1, -0.05) is 11.6 Å². The quantitative estimate of drug-likeness (QED) is 0.864. The van der Waals surface area contributed by atoms with Crippen molar-refractivity contribution in [3.05, 3.63) is 34.6 Å². The fourth-order valence-corrected chi connectivity index (χ4v) is 3.43. The topological polar surface area (TPSA) is 32.3 Å². The summed E-state index contributed by atoms with van der Waals surface area (Å²) in [7, 11) is 0. The fourth-order valence-electron chi connectivity index (χ4n) is 3.25. The molecular formula is C15H18ClFN2O. The second-order valence-electron chi connectivity index (χ2n) is 5.67. The summed E-state index contributed by atoms with van der Waals surface area (Å²) in [6.07, 6.45) is 1.98. The zero-order valence-electron chi connectivity index (χ0n) is 11.2. The van der Waals surface area contributed by atoms with Crippen molar-refractivity contribution in [2.45, 2.75) is 12.8 Å². The van der Waals surface area contributed by atoms with E-state index in [1.807, 2.05) is 0 Å². The first-order valence-corrected chi connectivity index (χ1v) is 7.48. The fraction of sp³-hybridized carbons (Fsp3) is 0.533. The van der Waals surface area contributed by atoms with Gasteiger partial charge in [-0.2, -0.15) is 0 Å². The third kappa shape index (κ3) is 2.67. The molecule has 0 unspecified atom stereocenters. The van der Waals surface area contributed by atoms with Crippen molar-refractivity contribution in [3.8, 4) is 0 Å². The van der Waals surface area contributed by atoms with Gasteiger partial charge in [-0.3, -0.25) is 4.79 Å². The Hall–Kier alpha value is -1.13. The lowest BCUT2D eigenvalue weighted by atomic mass is 9.92. The highest BCUT2D eigenvalue weighted by molar-refractivity contribution is 6.31. The molecule has 3 nitrogen and oxygen atoms in total. The van der Waals surface area contributed by atoms with Crippen LogP contribution in [-0.4, -0.2) is 37.0 Å². The molecule has 2 fully saturated rings. The van der Waals surface area contributed by atoms with Gasteiger partial charge in [0.15, 0.2) is 0 Å². The summed E-state index contributed by atoms with van der Waals surface area (Å²) in [4.78, 5) is 14.2. The van der Waals surface area contributed by atoms with E-state index in [4.69, 9.17) is 11.6 Å². The number of nitrogens with zero attached hydrogens (tertiary/aromatic N) is 1. The van der Waals surface area contributed by atoms with Crippen LogP contribution in [0, 0.1) is 17.7 Å². The van der Waals surface area contributed by atoms with Crippen molar-refractivity contribution in [1.29, 1.82) is 0 Å². The largest absolute Gasteiger partial charge is 0.339 e. The van der Waals surface area contributed by atoms with Crippen molar-refractivity contribution in [2.75, 3.05) is 26.2 Å². The van der Waals surface area contributed by atoms with Gasteiger partial charge in [0, 0.05) is 18.1 Å². The van der Waals surface area contributed by atoms with E-state index in [9.17, 15) is 9.18 Å². The predicted molar refractivity (Wildman–Crippen MR) is 76.4 cm³/mol. The minimum atomic E-state index is -0.495. The Morgan fingerprint density at radius 2 is 1.90 bits per heavy atom. The molecule has 2 heterocycles. The lowest BCUT2D eigenvalue weighted by Gasteiger charge is -2.21. The molecular weight excluding hydrogens is 279 g/mol. The van der Waals surface area contributed by atoms with Gasteiger partial charge in [0.05, 0.1) is 5.56 Å². The Morgan fingerprint density at radius 1 is 1.25 bits per heavy atom. The molecule has 5 heteroatoms. The number of carbonyl (C=O) groups is 1. The molecule has 0 aromatic heterocycles. The maximum Gasteiger partial charge on any atom is 0.256 e. The molecule has 1 amide bonds. The Bertz CT molecular complexity index is 509. The van der Waals surface area contributed by atoms with Gasteiger partial charge in [0.1, 0.15) is 5.82 Å². The molecule has 1 aromatic rings. The van der Waals surface area contributed by atoms with Crippen LogP contribution in [0.4, 0.5) is 4.39 Å². The van der Waals surface area contributed by atoms with E-state index in [2.05, 4.69) is 5.32 Å². The van der Waals surface area contributed by atoms with E-state index in [1.165, 1.54) is 18.2 Å². The number of carbonyl (C=O) groups excluding carboxylic acids is 1. The van der Waals surface area contributed by atoms with Crippen molar-refractivity contribution in [2.24, 2.45) is 11.8 Å². The van der Waals surface area contributed by atoms with Gasteiger partial charge in [-0.25, -0.2) is 4.39 Å². The molecule has 0 radical (unpaired) electrons. The van der Waals surface area contributed by atoms with Crippen molar-refractivity contribution in [3.63, 3.8) is 0 Å². The number of likely N-dealkylation sites (tertiary alicyclic amines) is 1. The maximum atomic E-state index is 13.8. The molecule has 0 spiro atoms. The van der Waals surface area contributed by atoms with E-state index in [0.29, 0.717) is 29.9 Å². The molecule has 20 heavy (non-hydrogen) atoms. The molecule has 2 saturated heterocycles. The predicted octanol–water partition coefficient (Wildman–Crippen LogP) is 2.55. The summed E-state index contributed by atoms with van der Waals surface area (Å²) < 4.78 is 13.8. The first-order chi connectivity index (χ1) is 9.65. The second kappa shape index (κ2) is 5.70. The SMILES string of the molecule is O=C(c1cc(Cl)ccc1F)N1CC[C@@H]2CNC[C@@H]2CC1. The monoisotopic (exact) mass is 296 g/mol. The molecule has 0 bridgehead atoms. The van der Waals surface area contributed by atoms with Crippen LogP contribution in [0.25, 0.3) is 0 Å². The third-order valence-corrected chi connectivity index (χ3v) is 4.70. The number of halogens is 2. The molecule has 1 aromatic carbocycles. The highest BCUT2D eigenvalue weighted by Crippen LogP contribution is 2.28. The number of nitrogens with one attached hydrogen (secondary N) is 1. The van der Waals surface area contributed by atoms with Crippen LogP contribution < -0.4 is 5.32 Å². The number of benzene rings is 1. The highest BCUT2D eigenvalue weighted by atomic mass is 35.5. The van der Waals surface area contributed by atoms with Crippen LogP contribution in [0.2, 0.25) is 5.02 Å². The number of rotatable bonds is 1. The Labute approximate surface area is 123 Å². The molecule has 0 saturated carbocycles. The molecule has 108 valence electrons. The Morgan fingerprint density at radius 3 is 2.55 bits per heavy atom. The first kappa shape index (κ1) is 13.8. The average molecular weight is 297 g/mol. The van der Waals surface area contributed by atoms with E-state index in [0.717, 1.165) is 25.9 Å². The van der Waals surface area contributed by atoms with E-state index in [1.54, 1.807) is 4.90 Å². The zero-order valence-corrected chi connectivity index (χ0v) is 12.0. The van der Waals surface area contributed by atoms with Gasteiger partial charge >= 0.3 is 0 Å². The van der Waals surface area contributed by atoms with Crippen LogP contribution in [0.5, 0.6) is 0 Å². The standard InChI is InChI=1S/C15H18ClFN2O/c16-12-1-2-14(17)13(7-12)15(20)19-5-3-10-8-18-9-11(10)4-6-19/h1-2,7,10-11,18H,3-6,8-9H2/t10-,11+. The number of amides is 1. The van der Waals surface area contributed by atoms with Gasteiger partial charge in [0.25, 0.3) is 5.91 Å². The van der Waals surface area contributed by atoms with Crippen LogP contribution in [0.3, 0.4) is 0 Å². The van der Waals surface area contributed by atoms with Crippen LogP contribution in [0.1, 0.15) is 23.2 Å². The van der Waals surface area contributed by atoms with Crippen LogP contribution in [0.15, 0.2) is 18.2 Å². The first-order valence-electron chi connectivity index (χ1n) is 7.10. The third-order valence-electron chi connectivity index (χ3n) is 4.47. The van der Waals surface area contributed by atoms with Crippen molar-refractivity contribution < 1.29 is 9.18 Å². The Kier molecular flexibility index (Phi) is 3.94. The van der Waals surface area contributed by atoms with E-state index < -0.39 is 5.82 Å². The average Bonchev–Trinajstić information content (AvgIpc) is 2.80. The highest BCUT2D eigenvalue weighted by Gasteiger charge is 2.32. The second-order valence-corrected chi connectivity index (χ2v) is 6.11. The van der Waals surface area contributed by atoms with Gasteiger partial charge in [0.2, 0.25) is 0 Å². The van der Waals surface area contributed by atoms with Crippen molar-refractivity contribution in [1.82, 2.24) is 10.2 Å². The summed E-state index contributed by atoms with van der Waals surface area (Å²) >= 11 is 5.86. The number of hydrogen-bond acceptors (Lipinski definition) is 2. The summed E-state index contributed by atoms with van der Waals surface area (Å²) in [5.41, 5.74) is 0.0858. The lowest BCUT2D eigenvalue weighted by molar-refractivity contribution is 0.0754. The summed E-state index contributed by atoms with van der Waals surface area (Å²) in [5.74, 6) is 0.567.